The van der Waals surface area contributed by atoms with E-state index in [-0.39, 0.29) is 0 Å². The Morgan fingerprint density at radius 2 is 1.96 bits per heavy atom. The topological polar surface area (TPSA) is 32.8 Å². The maximum atomic E-state index is 11.3. The van der Waals surface area contributed by atoms with Crippen LogP contribution < -0.4 is 9.64 Å². The first kappa shape index (κ1) is 21.1. The van der Waals surface area contributed by atoms with Crippen LogP contribution in [0.15, 0.2) is 52.3 Å². The van der Waals surface area contributed by atoms with E-state index in [0.717, 1.165) is 35.8 Å². The second kappa shape index (κ2) is 9.25. The van der Waals surface area contributed by atoms with E-state index in [0.29, 0.717) is 6.61 Å². The fourth-order valence-corrected chi connectivity index (χ4v) is 4.64. The molecule has 0 spiro atoms. The fraction of sp³-hybridized carbons (Fsp3) is 0.409. The molecule has 0 atom stereocenters. The Kier molecular flexibility index (Phi) is 6.96. The number of carbonyl (C=O) groups excluding carboxylic acids is 1. The monoisotopic (exact) mass is 416 g/mol. The molecule has 0 aliphatic carbocycles. The van der Waals surface area contributed by atoms with Gasteiger partial charge in [0.05, 0.1) is 27.5 Å². The molecule has 4 nitrogen and oxygen atoms in total. The summed E-state index contributed by atoms with van der Waals surface area (Å²) in [7, 11) is 2.12. The molecule has 0 aromatic heterocycles. The third-order valence-electron chi connectivity index (χ3n) is 4.50. The largest absolute Gasteiger partial charge is 0.491 e. The predicted octanol–water partition coefficient (Wildman–Crippen LogP) is 5.49. The van der Waals surface area contributed by atoms with Crippen LogP contribution in [0.2, 0.25) is 0 Å². The molecule has 0 amide bonds. The number of hydrogen-bond acceptors (Lipinski definition) is 6. The molecule has 0 radical (unpaired) electrons. The number of anilines is 2. The molecular formula is C22H28N2O2S2. The lowest BCUT2D eigenvalue weighted by Crippen LogP contribution is -2.24. The lowest BCUT2D eigenvalue weighted by Gasteiger charge is -2.26. The molecule has 0 bridgehead atoms. The minimum Gasteiger partial charge on any atom is -0.491 e. The zero-order valence-electron chi connectivity index (χ0n) is 17.0. The van der Waals surface area contributed by atoms with Gasteiger partial charge in [-0.3, -0.25) is 0 Å². The second-order valence-electron chi connectivity index (χ2n) is 7.52. The van der Waals surface area contributed by atoms with Gasteiger partial charge in [0.2, 0.25) is 0 Å². The first-order chi connectivity index (χ1) is 13.4. The van der Waals surface area contributed by atoms with Crippen LogP contribution in [0.25, 0.3) is 0 Å². The van der Waals surface area contributed by atoms with Crippen molar-refractivity contribution in [3.63, 3.8) is 0 Å². The highest BCUT2D eigenvalue weighted by atomic mass is 32.2. The van der Waals surface area contributed by atoms with E-state index in [9.17, 15) is 4.79 Å². The van der Waals surface area contributed by atoms with Crippen LogP contribution in [0, 0.1) is 5.41 Å². The van der Waals surface area contributed by atoms with E-state index in [1.54, 1.807) is 23.7 Å². The lowest BCUT2D eigenvalue weighted by molar-refractivity contribution is -0.116. The number of hydrogen-bond donors (Lipinski definition) is 0. The van der Waals surface area contributed by atoms with E-state index in [1.165, 1.54) is 16.3 Å². The summed E-state index contributed by atoms with van der Waals surface area (Å²) in [5.74, 6) is 1.82. The van der Waals surface area contributed by atoms with Crippen LogP contribution in [0.1, 0.15) is 20.8 Å². The van der Waals surface area contributed by atoms with E-state index in [2.05, 4.69) is 59.6 Å². The predicted molar refractivity (Wildman–Crippen MR) is 120 cm³/mol. The number of aldehydes is 1. The third kappa shape index (κ3) is 5.04. The van der Waals surface area contributed by atoms with Gasteiger partial charge in [0.15, 0.2) is 0 Å². The minimum absolute atomic E-state index is 0.371. The van der Waals surface area contributed by atoms with E-state index in [1.807, 2.05) is 19.9 Å². The molecule has 28 heavy (non-hydrogen) atoms. The Bertz CT molecular complexity index is 812. The zero-order valence-corrected chi connectivity index (χ0v) is 18.6. The van der Waals surface area contributed by atoms with Crippen LogP contribution in [0.3, 0.4) is 0 Å². The smallest absolute Gasteiger partial charge is 0.134 e. The molecule has 0 saturated heterocycles. The highest BCUT2D eigenvalue weighted by Crippen LogP contribution is 2.44. The highest BCUT2D eigenvalue weighted by Gasteiger charge is 2.24. The number of para-hydroxylation sites is 1. The van der Waals surface area contributed by atoms with Gasteiger partial charge in [-0.05, 0) is 62.9 Å². The first-order valence-corrected chi connectivity index (χ1v) is 11.3. The van der Waals surface area contributed by atoms with Gasteiger partial charge in [-0.25, -0.2) is 4.31 Å². The summed E-state index contributed by atoms with van der Waals surface area (Å²) in [6, 6.07) is 14.9. The van der Waals surface area contributed by atoms with Crippen molar-refractivity contribution >= 4 is 41.4 Å². The molecule has 0 saturated carbocycles. The summed E-state index contributed by atoms with van der Waals surface area (Å²) in [5, 5.41) is 0. The number of nitrogens with zero attached hydrogens (tertiary/aromatic N) is 2. The molecule has 150 valence electrons. The van der Waals surface area contributed by atoms with Crippen molar-refractivity contribution in [1.29, 1.82) is 0 Å². The Balaban J connectivity index is 2.02. The van der Waals surface area contributed by atoms with Gasteiger partial charge in [0, 0.05) is 18.8 Å². The molecular weight excluding hydrogens is 388 g/mol. The Labute approximate surface area is 176 Å². The lowest BCUT2D eigenvalue weighted by atomic mass is 9.98. The average Bonchev–Trinajstić information content (AvgIpc) is 2.85. The number of carbonyl (C=O) groups is 1. The van der Waals surface area contributed by atoms with Gasteiger partial charge in [-0.15, -0.1) is 11.8 Å². The van der Waals surface area contributed by atoms with Crippen LogP contribution in [-0.2, 0) is 4.79 Å². The number of fused-ring (bicyclic) bond motifs is 1. The van der Waals surface area contributed by atoms with Gasteiger partial charge < -0.3 is 14.4 Å². The van der Waals surface area contributed by atoms with Gasteiger partial charge in [-0.2, -0.15) is 0 Å². The van der Waals surface area contributed by atoms with E-state index in [4.69, 9.17) is 4.74 Å². The summed E-state index contributed by atoms with van der Waals surface area (Å²) in [6.45, 7) is 8.20. The summed E-state index contributed by atoms with van der Waals surface area (Å²) >= 11 is 3.52. The normalized spacial score (nSPS) is 15.1. The maximum absolute atomic E-state index is 11.3. The summed E-state index contributed by atoms with van der Waals surface area (Å²) in [6.07, 6.45) is 0.961. The van der Waals surface area contributed by atoms with Crippen LogP contribution in [-0.4, -0.2) is 43.1 Å². The van der Waals surface area contributed by atoms with E-state index < -0.39 is 5.41 Å². The molecule has 2 aromatic rings. The van der Waals surface area contributed by atoms with Crippen LogP contribution in [0.5, 0.6) is 5.75 Å². The SMILES string of the molecule is CCSc1cc2c(cc1OCC(C)(C)C=O)SN(C)CCN2c1ccccc1. The summed E-state index contributed by atoms with van der Waals surface area (Å²) in [4.78, 5) is 15.9. The summed E-state index contributed by atoms with van der Waals surface area (Å²) in [5.41, 5.74) is 1.90. The van der Waals surface area contributed by atoms with Crippen molar-refractivity contribution in [3.8, 4) is 5.75 Å². The Hall–Kier alpha value is -1.63. The molecule has 0 fully saturated rings. The number of likely N-dealkylation sites (N-methyl/N-ethyl adjacent to an activating group) is 1. The van der Waals surface area contributed by atoms with Gasteiger partial charge in [0.25, 0.3) is 0 Å². The number of rotatable bonds is 7. The number of thioether (sulfide) groups is 1. The third-order valence-corrected chi connectivity index (χ3v) is 6.43. The molecule has 0 N–H and O–H groups in total. The number of benzene rings is 2. The Morgan fingerprint density at radius 3 is 2.64 bits per heavy atom. The minimum atomic E-state index is -0.499. The highest BCUT2D eigenvalue weighted by molar-refractivity contribution is 7.99. The van der Waals surface area contributed by atoms with Crippen molar-refractivity contribution in [1.82, 2.24) is 4.31 Å². The van der Waals surface area contributed by atoms with Gasteiger partial charge in [0.1, 0.15) is 12.0 Å². The Morgan fingerprint density at radius 1 is 1.21 bits per heavy atom. The van der Waals surface area contributed by atoms with E-state index >= 15 is 0 Å². The maximum Gasteiger partial charge on any atom is 0.134 e. The molecule has 6 heteroatoms. The summed E-state index contributed by atoms with van der Waals surface area (Å²) < 4.78 is 8.38. The van der Waals surface area contributed by atoms with Crippen LogP contribution >= 0.6 is 23.7 Å². The van der Waals surface area contributed by atoms with Crippen LogP contribution in [0.4, 0.5) is 11.4 Å². The first-order valence-electron chi connectivity index (χ1n) is 9.55. The molecule has 3 rings (SSSR count). The van der Waals surface area contributed by atoms with Gasteiger partial charge in [-0.1, -0.05) is 25.1 Å². The van der Waals surface area contributed by atoms with Crippen molar-refractivity contribution in [3.05, 3.63) is 42.5 Å². The average molecular weight is 417 g/mol. The van der Waals surface area contributed by atoms with Crippen molar-refractivity contribution in [2.45, 2.75) is 30.6 Å². The molecule has 1 aliphatic rings. The van der Waals surface area contributed by atoms with Gasteiger partial charge >= 0.3 is 0 Å². The van der Waals surface area contributed by atoms with Crippen molar-refractivity contribution in [2.75, 3.05) is 37.4 Å². The molecule has 0 unspecified atom stereocenters. The second-order valence-corrected chi connectivity index (χ2v) is 10.1. The number of ether oxygens (including phenoxy) is 1. The zero-order chi connectivity index (χ0) is 20.1. The van der Waals surface area contributed by atoms with Crippen molar-refractivity contribution < 1.29 is 9.53 Å². The van der Waals surface area contributed by atoms with Crippen molar-refractivity contribution in [2.24, 2.45) is 5.41 Å². The molecule has 2 aromatic carbocycles. The standard InChI is InChI=1S/C22H28N2O2S2/c1-5-27-21-13-18-20(14-19(21)26-16-22(2,3)15-25)28-23(4)11-12-24(18)17-9-7-6-8-10-17/h6-10,13-15H,5,11-12,16H2,1-4H3. The fourth-order valence-electron chi connectivity index (χ4n) is 2.94. The molecule has 1 heterocycles. The molecule has 1 aliphatic heterocycles. The quantitative estimate of drug-likeness (QED) is 0.337.